The van der Waals surface area contributed by atoms with Crippen LogP contribution in [0, 0.1) is 11.7 Å². The number of carbonyl (C=O) groups excluding carboxylic acids is 1. The molecule has 2 amide bonds. The number of amides is 2. The van der Waals surface area contributed by atoms with Gasteiger partial charge in [0, 0.05) is 17.1 Å². The molecule has 1 N–H and O–H groups in total. The fourth-order valence-electron chi connectivity index (χ4n) is 2.90. The summed E-state index contributed by atoms with van der Waals surface area (Å²) in [6, 6.07) is 4.84. The van der Waals surface area contributed by atoms with E-state index in [1.54, 1.807) is 12.1 Å². The van der Waals surface area contributed by atoms with E-state index < -0.39 is 5.82 Å². The number of rotatable bonds is 1. The van der Waals surface area contributed by atoms with E-state index in [-0.39, 0.29) is 11.7 Å². The van der Waals surface area contributed by atoms with E-state index in [1.807, 2.05) is 4.90 Å². The van der Waals surface area contributed by atoms with Crippen LogP contribution in [0.5, 0.6) is 0 Å². The molecule has 0 radical (unpaired) electrons. The summed E-state index contributed by atoms with van der Waals surface area (Å²) in [5, 5.41) is 2.64. The highest BCUT2D eigenvalue weighted by Gasteiger charge is 2.44. The van der Waals surface area contributed by atoms with Gasteiger partial charge in [0.1, 0.15) is 5.82 Å². The summed E-state index contributed by atoms with van der Waals surface area (Å²) in [7, 11) is 0. The van der Waals surface area contributed by atoms with E-state index in [4.69, 9.17) is 0 Å². The van der Waals surface area contributed by atoms with Crippen LogP contribution in [0.3, 0.4) is 0 Å². The second kappa shape index (κ2) is 4.53. The van der Waals surface area contributed by atoms with Crippen molar-refractivity contribution >= 4 is 27.6 Å². The number of halogens is 2. The van der Waals surface area contributed by atoms with Gasteiger partial charge in [-0.25, -0.2) is 9.18 Å². The third-order valence-electron chi connectivity index (χ3n) is 3.88. The topological polar surface area (TPSA) is 32.3 Å². The Kier molecular flexibility index (Phi) is 3.01. The van der Waals surface area contributed by atoms with Crippen molar-refractivity contribution in [3.8, 4) is 0 Å². The summed E-state index contributed by atoms with van der Waals surface area (Å²) in [6.45, 7) is 0.814. The van der Waals surface area contributed by atoms with Gasteiger partial charge in [-0.2, -0.15) is 0 Å². The average molecular weight is 313 g/mol. The zero-order valence-electron chi connectivity index (χ0n) is 9.83. The van der Waals surface area contributed by atoms with E-state index in [0.717, 1.165) is 13.0 Å². The first-order chi connectivity index (χ1) is 8.65. The van der Waals surface area contributed by atoms with E-state index in [0.29, 0.717) is 16.4 Å². The fraction of sp³-hybridized carbons (Fsp3) is 0.462. The highest BCUT2D eigenvalue weighted by Crippen LogP contribution is 2.39. The van der Waals surface area contributed by atoms with Gasteiger partial charge in [-0.15, -0.1) is 0 Å². The van der Waals surface area contributed by atoms with Crippen molar-refractivity contribution in [2.75, 3.05) is 11.9 Å². The largest absolute Gasteiger partial charge is 0.322 e. The second-order valence-corrected chi connectivity index (χ2v) is 5.88. The summed E-state index contributed by atoms with van der Waals surface area (Å²) in [6.07, 6.45) is 3.51. The molecule has 1 aliphatic carbocycles. The zero-order chi connectivity index (χ0) is 12.7. The number of likely N-dealkylation sites (tertiary alicyclic amines) is 1. The van der Waals surface area contributed by atoms with Gasteiger partial charge in [0.25, 0.3) is 0 Å². The Balaban J connectivity index is 1.67. The third-order valence-corrected chi connectivity index (χ3v) is 4.38. The lowest BCUT2D eigenvalue weighted by Gasteiger charge is -2.44. The zero-order valence-corrected chi connectivity index (χ0v) is 11.4. The Bertz CT molecular complexity index is 494. The Morgan fingerprint density at radius 2 is 2.28 bits per heavy atom. The molecule has 18 heavy (non-hydrogen) atoms. The number of hydrogen-bond donors (Lipinski definition) is 1. The van der Waals surface area contributed by atoms with Crippen LogP contribution in [0.4, 0.5) is 14.9 Å². The molecule has 3 rings (SSSR count). The number of urea groups is 1. The molecule has 1 aliphatic heterocycles. The summed E-state index contributed by atoms with van der Waals surface area (Å²) in [5.74, 6) is 0.256. The van der Waals surface area contributed by atoms with Crippen LogP contribution in [0.2, 0.25) is 0 Å². The number of hydrogen-bond acceptors (Lipinski definition) is 1. The van der Waals surface area contributed by atoms with E-state index in [2.05, 4.69) is 21.2 Å². The van der Waals surface area contributed by atoms with Crippen molar-refractivity contribution in [2.45, 2.75) is 25.3 Å². The first-order valence-electron chi connectivity index (χ1n) is 6.18. The lowest BCUT2D eigenvalue weighted by atomic mass is 9.92. The van der Waals surface area contributed by atoms with Crippen LogP contribution in [0.25, 0.3) is 0 Å². The quantitative estimate of drug-likeness (QED) is 0.844. The van der Waals surface area contributed by atoms with Gasteiger partial charge in [0.15, 0.2) is 0 Å². The molecule has 0 bridgehead atoms. The molecule has 0 aromatic heterocycles. The fourth-order valence-corrected chi connectivity index (χ4v) is 3.24. The summed E-state index contributed by atoms with van der Waals surface area (Å²) >= 11 is 3.19. The van der Waals surface area contributed by atoms with Gasteiger partial charge in [0.05, 0.1) is 5.69 Å². The maximum absolute atomic E-state index is 13.6. The van der Waals surface area contributed by atoms with Crippen LogP contribution in [0.15, 0.2) is 22.7 Å². The van der Waals surface area contributed by atoms with Crippen LogP contribution in [-0.2, 0) is 0 Å². The lowest BCUT2D eigenvalue weighted by molar-refractivity contribution is 0.0797. The standard InChI is InChI=1S/C13H14BrFN2O/c14-9-4-5-11(10(15)6-9)16-13(18)17-7-8-2-1-3-12(8)17/h4-6,8,12H,1-3,7H2,(H,16,18)/t8-,12+/m0/s1. The van der Waals surface area contributed by atoms with Gasteiger partial charge >= 0.3 is 6.03 Å². The van der Waals surface area contributed by atoms with Crippen LogP contribution in [-0.4, -0.2) is 23.5 Å². The Hall–Kier alpha value is -1.10. The third kappa shape index (κ3) is 2.00. The normalized spacial score (nSPS) is 25.6. The minimum absolute atomic E-state index is 0.181. The number of nitrogens with one attached hydrogen (secondary N) is 1. The average Bonchev–Trinajstić information content (AvgIpc) is 2.64. The van der Waals surface area contributed by atoms with Gasteiger partial charge in [-0.3, -0.25) is 0 Å². The van der Waals surface area contributed by atoms with Crippen LogP contribution >= 0.6 is 15.9 Å². The number of nitrogens with zero attached hydrogens (tertiary/aromatic N) is 1. The molecule has 2 aliphatic rings. The number of benzene rings is 1. The first-order valence-corrected chi connectivity index (χ1v) is 6.97. The Labute approximate surface area is 113 Å². The van der Waals surface area contributed by atoms with Crippen molar-refractivity contribution in [3.63, 3.8) is 0 Å². The molecule has 0 unspecified atom stereocenters. The maximum Gasteiger partial charge on any atom is 0.322 e. The minimum Gasteiger partial charge on any atom is -0.321 e. The molecule has 2 atom stereocenters. The number of anilines is 1. The van der Waals surface area contributed by atoms with Gasteiger partial charge < -0.3 is 10.2 Å². The van der Waals surface area contributed by atoms with Crippen LogP contribution in [0.1, 0.15) is 19.3 Å². The predicted octanol–water partition coefficient (Wildman–Crippen LogP) is 3.60. The molecule has 1 heterocycles. The molecular weight excluding hydrogens is 299 g/mol. The van der Waals surface area contributed by atoms with Gasteiger partial charge in [0.2, 0.25) is 0 Å². The van der Waals surface area contributed by atoms with Crippen molar-refractivity contribution in [1.29, 1.82) is 0 Å². The highest BCUT2D eigenvalue weighted by molar-refractivity contribution is 9.10. The molecule has 1 saturated heterocycles. The van der Waals surface area contributed by atoms with E-state index in [1.165, 1.54) is 18.9 Å². The monoisotopic (exact) mass is 312 g/mol. The molecule has 1 aromatic carbocycles. The van der Waals surface area contributed by atoms with Crippen molar-refractivity contribution < 1.29 is 9.18 Å². The lowest BCUT2D eigenvalue weighted by Crippen LogP contribution is -2.57. The molecule has 96 valence electrons. The van der Waals surface area contributed by atoms with Crippen molar-refractivity contribution in [3.05, 3.63) is 28.5 Å². The smallest absolute Gasteiger partial charge is 0.321 e. The second-order valence-electron chi connectivity index (χ2n) is 4.97. The maximum atomic E-state index is 13.6. The minimum atomic E-state index is -0.416. The van der Waals surface area contributed by atoms with Gasteiger partial charge in [-0.05, 0) is 37.0 Å². The highest BCUT2D eigenvalue weighted by atomic mass is 79.9. The summed E-state index contributed by atoms with van der Waals surface area (Å²) in [4.78, 5) is 13.8. The summed E-state index contributed by atoms with van der Waals surface area (Å²) < 4.78 is 14.3. The number of fused-ring (bicyclic) bond motifs is 1. The molecular formula is C13H14BrFN2O. The SMILES string of the molecule is O=C(Nc1ccc(Br)cc1F)N1C[C@@H]2CCC[C@H]21. The van der Waals surface area contributed by atoms with Gasteiger partial charge in [-0.1, -0.05) is 22.4 Å². The molecule has 5 heteroatoms. The molecule has 1 saturated carbocycles. The Morgan fingerprint density at radius 3 is 3.00 bits per heavy atom. The van der Waals surface area contributed by atoms with Crippen molar-refractivity contribution in [2.24, 2.45) is 5.92 Å². The first kappa shape index (κ1) is 12.0. The van der Waals surface area contributed by atoms with Crippen molar-refractivity contribution in [1.82, 2.24) is 4.90 Å². The number of carbonyl (C=O) groups is 1. The summed E-state index contributed by atoms with van der Waals surface area (Å²) in [5.41, 5.74) is 0.240. The predicted molar refractivity (Wildman–Crippen MR) is 71.0 cm³/mol. The molecule has 3 nitrogen and oxygen atoms in total. The van der Waals surface area contributed by atoms with E-state index in [9.17, 15) is 9.18 Å². The molecule has 1 aromatic rings. The van der Waals surface area contributed by atoms with E-state index >= 15 is 0 Å². The molecule has 2 fully saturated rings. The Morgan fingerprint density at radius 1 is 1.44 bits per heavy atom. The molecule has 0 spiro atoms. The van der Waals surface area contributed by atoms with Crippen LogP contribution < -0.4 is 5.32 Å².